The fraction of sp³-hybridized carbons (Fsp3) is 0. The van der Waals surface area contributed by atoms with Crippen LogP contribution in [0.2, 0.25) is 5.02 Å². The average Bonchev–Trinajstić information content (AvgIpc) is 2.85. The molecule has 0 saturated carbocycles. The van der Waals surface area contributed by atoms with Crippen LogP contribution >= 0.6 is 11.6 Å². The largest absolute Gasteiger partial charge is 0.267 e. The van der Waals surface area contributed by atoms with E-state index >= 15 is 0 Å². The summed E-state index contributed by atoms with van der Waals surface area (Å²) in [6.07, 6.45) is 0. The van der Waals surface area contributed by atoms with E-state index in [2.05, 4.69) is 16.0 Å². The van der Waals surface area contributed by atoms with Gasteiger partial charge in [0.25, 0.3) is 0 Å². The molecule has 4 rings (SSSR count). The molecule has 5 heteroatoms. The van der Waals surface area contributed by atoms with Crippen molar-refractivity contribution in [2.45, 2.75) is 0 Å². The van der Waals surface area contributed by atoms with Crippen molar-refractivity contribution in [3.63, 3.8) is 0 Å². The van der Waals surface area contributed by atoms with Crippen molar-refractivity contribution in [1.82, 2.24) is 14.4 Å². The van der Waals surface area contributed by atoms with Crippen LogP contribution in [0.25, 0.3) is 27.6 Å². The normalized spacial score (nSPS) is 11.2. The summed E-state index contributed by atoms with van der Waals surface area (Å²) in [5.41, 5.74) is 3.12. The van der Waals surface area contributed by atoms with E-state index in [0.717, 1.165) is 22.1 Å². The van der Waals surface area contributed by atoms with Gasteiger partial charge in [0.15, 0.2) is 0 Å². The molecule has 0 saturated heterocycles. The van der Waals surface area contributed by atoms with Gasteiger partial charge in [-0.15, -0.1) is 0 Å². The lowest BCUT2D eigenvalue weighted by Gasteiger charge is -2.03. The van der Waals surface area contributed by atoms with Gasteiger partial charge in [0.1, 0.15) is 11.7 Å². The Morgan fingerprint density at radius 1 is 1.05 bits per heavy atom. The number of nitriles is 1. The number of benzene rings is 2. The molecule has 2 aromatic carbocycles. The number of halogens is 1. The van der Waals surface area contributed by atoms with Gasteiger partial charge >= 0.3 is 0 Å². The van der Waals surface area contributed by atoms with Crippen LogP contribution in [-0.4, -0.2) is 14.4 Å². The molecule has 4 aromatic rings. The fourth-order valence-corrected chi connectivity index (χ4v) is 2.61. The second kappa shape index (κ2) is 3.92. The highest BCUT2D eigenvalue weighted by Gasteiger charge is 2.13. The maximum absolute atomic E-state index is 9.35. The molecule has 0 fully saturated rings. The SMILES string of the molecule is N#Cc1nc2cc(Cl)ccc2c2nc3ccccc3n12. The molecule has 0 amide bonds. The average molecular weight is 279 g/mol. The molecule has 0 bridgehead atoms. The third-order valence-corrected chi connectivity index (χ3v) is 3.53. The van der Waals surface area contributed by atoms with Crippen molar-refractivity contribution in [1.29, 1.82) is 5.26 Å². The van der Waals surface area contributed by atoms with Crippen molar-refractivity contribution in [3.05, 3.63) is 53.3 Å². The van der Waals surface area contributed by atoms with E-state index in [1.807, 2.05) is 30.3 Å². The van der Waals surface area contributed by atoms with E-state index in [0.29, 0.717) is 16.4 Å². The molecule has 0 radical (unpaired) electrons. The first-order chi connectivity index (χ1) is 9.78. The highest BCUT2D eigenvalue weighted by Crippen LogP contribution is 2.26. The maximum atomic E-state index is 9.35. The minimum absolute atomic E-state index is 0.309. The molecule has 20 heavy (non-hydrogen) atoms. The van der Waals surface area contributed by atoms with Crippen LogP contribution in [0.1, 0.15) is 5.82 Å². The molecule has 0 spiro atoms. The molecular formula is C15H7ClN4. The monoisotopic (exact) mass is 278 g/mol. The topological polar surface area (TPSA) is 54.0 Å². The lowest BCUT2D eigenvalue weighted by molar-refractivity contribution is 1.10. The summed E-state index contributed by atoms with van der Waals surface area (Å²) >= 11 is 5.99. The summed E-state index contributed by atoms with van der Waals surface area (Å²) in [4.78, 5) is 8.99. The fourth-order valence-electron chi connectivity index (χ4n) is 2.45. The molecule has 2 aromatic heterocycles. The van der Waals surface area contributed by atoms with Crippen LogP contribution in [0.4, 0.5) is 0 Å². The van der Waals surface area contributed by atoms with Crippen molar-refractivity contribution in [3.8, 4) is 6.07 Å². The Balaban J connectivity index is 2.35. The summed E-state index contributed by atoms with van der Waals surface area (Å²) < 4.78 is 1.78. The minimum Gasteiger partial charge on any atom is -0.267 e. The van der Waals surface area contributed by atoms with Gasteiger partial charge in [-0.1, -0.05) is 23.7 Å². The Morgan fingerprint density at radius 3 is 2.75 bits per heavy atom. The number of hydrogen-bond acceptors (Lipinski definition) is 3. The quantitative estimate of drug-likeness (QED) is 0.494. The Bertz CT molecular complexity index is 1030. The second-order valence-corrected chi connectivity index (χ2v) is 4.90. The third kappa shape index (κ3) is 1.41. The Hall–Kier alpha value is -2.64. The van der Waals surface area contributed by atoms with E-state index in [1.165, 1.54) is 0 Å². The van der Waals surface area contributed by atoms with Crippen LogP contribution in [0.15, 0.2) is 42.5 Å². The summed E-state index contributed by atoms with van der Waals surface area (Å²) in [6.45, 7) is 0. The van der Waals surface area contributed by atoms with Gasteiger partial charge in [0.2, 0.25) is 5.82 Å². The first-order valence-electron chi connectivity index (χ1n) is 6.04. The number of rotatable bonds is 0. The van der Waals surface area contributed by atoms with Gasteiger partial charge in [-0.2, -0.15) is 5.26 Å². The molecule has 4 nitrogen and oxygen atoms in total. The molecule has 0 atom stereocenters. The second-order valence-electron chi connectivity index (χ2n) is 4.47. The van der Waals surface area contributed by atoms with Gasteiger partial charge in [0.05, 0.1) is 16.6 Å². The number of fused-ring (bicyclic) bond motifs is 5. The van der Waals surface area contributed by atoms with Gasteiger partial charge in [0, 0.05) is 10.4 Å². The number of imidazole rings is 1. The number of hydrogen-bond donors (Lipinski definition) is 0. The lowest BCUT2D eigenvalue weighted by atomic mass is 10.2. The van der Waals surface area contributed by atoms with E-state index in [4.69, 9.17) is 11.6 Å². The molecule has 2 heterocycles. The zero-order valence-corrected chi connectivity index (χ0v) is 11.0. The first-order valence-corrected chi connectivity index (χ1v) is 6.42. The van der Waals surface area contributed by atoms with Crippen LogP contribution in [-0.2, 0) is 0 Å². The zero-order chi connectivity index (χ0) is 13.7. The van der Waals surface area contributed by atoms with Crippen LogP contribution in [0.5, 0.6) is 0 Å². The van der Waals surface area contributed by atoms with Gasteiger partial charge in [-0.25, -0.2) is 9.97 Å². The van der Waals surface area contributed by atoms with Gasteiger partial charge < -0.3 is 0 Å². The Kier molecular flexibility index (Phi) is 2.20. The van der Waals surface area contributed by atoms with Crippen LogP contribution in [0.3, 0.4) is 0 Å². The molecule has 0 aliphatic rings. The summed E-state index contributed by atoms with van der Waals surface area (Å²) in [5.74, 6) is 0.309. The van der Waals surface area contributed by atoms with Crippen molar-refractivity contribution in [2.75, 3.05) is 0 Å². The zero-order valence-electron chi connectivity index (χ0n) is 10.2. The molecule has 0 unspecified atom stereocenters. The number of aromatic nitrogens is 3. The third-order valence-electron chi connectivity index (χ3n) is 3.30. The first kappa shape index (κ1) is 11.2. The summed E-state index contributed by atoms with van der Waals surface area (Å²) in [5, 5.41) is 10.8. The number of para-hydroxylation sites is 2. The molecule has 0 aliphatic carbocycles. The molecular weight excluding hydrogens is 272 g/mol. The van der Waals surface area contributed by atoms with Crippen molar-refractivity contribution < 1.29 is 0 Å². The molecule has 0 N–H and O–H groups in total. The van der Waals surface area contributed by atoms with E-state index in [1.54, 1.807) is 16.5 Å². The summed E-state index contributed by atoms with van der Waals surface area (Å²) in [7, 11) is 0. The highest BCUT2D eigenvalue weighted by atomic mass is 35.5. The lowest BCUT2D eigenvalue weighted by Crippen LogP contribution is -1.97. The Labute approximate surface area is 118 Å². The van der Waals surface area contributed by atoms with E-state index in [9.17, 15) is 5.26 Å². The van der Waals surface area contributed by atoms with Crippen LogP contribution < -0.4 is 0 Å². The van der Waals surface area contributed by atoms with Gasteiger partial charge in [-0.3, -0.25) is 4.40 Å². The van der Waals surface area contributed by atoms with Crippen LogP contribution in [0, 0.1) is 11.3 Å². The molecule has 0 aliphatic heterocycles. The smallest absolute Gasteiger partial charge is 0.219 e. The van der Waals surface area contributed by atoms with Gasteiger partial charge in [-0.05, 0) is 30.3 Å². The predicted molar refractivity (Wildman–Crippen MR) is 77.7 cm³/mol. The van der Waals surface area contributed by atoms with E-state index in [-0.39, 0.29) is 0 Å². The highest BCUT2D eigenvalue weighted by molar-refractivity contribution is 6.31. The standard InChI is InChI=1S/C15H7ClN4/c16-9-5-6-10-12(7-9)18-14(8-17)20-13-4-2-1-3-11(13)19-15(10)20/h1-7H. The molecule has 94 valence electrons. The summed E-state index contributed by atoms with van der Waals surface area (Å²) in [6, 6.07) is 15.3. The Morgan fingerprint density at radius 2 is 1.90 bits per heavy atom. The maximum Gasteiger partial charge on any atom is 0.219 e. The van der Waals surface area contributed by atoms with Crippen molar-refractivity contribution in [2.24, 2.45) is 0 Å². The minimum atomic E-state index is 0.309. The number of nitrogens with zero attached hydrogens (tertiary/aromatic N) is 4. The predicted octanol–water partition coefficient (Wildman–Crippen LogP) is 3.56. The van der Waals surface area contributed by atoms with Crippen molar-refractivity contribution >= 4 is 39.2 Å². The van der Waals surface area contributed by atoms with E-state index < -0.39 is 0 Å².